The van der Waals surface area contributed by atoms with Crippen LogP contribution in [-0.4, -0.2) is 58.2 Å². The average molecular weight is 305 g/mol. The summed E-state index contributed by atoms with van der Waals surface area (Å²) in [4.78, 5) is 34.4. The van der Waals surface area contributed by atoms with Crippen molar-refractivity contribution in [3.05, 3.63) is 23.3 Å². The maximum absolute atomic E-state index is 12.7. The maximum Gasteiger partial charge on any atom is 0.314 e. The van der Waals surface area contributed by atoms with Crippen molar-refractivity contribution in [1.82, 2.24) is 14.9 Å². The van der Waals surface area contributed by atoms with Gasteiger partial charge in [-0.3, -0.25) is 9.59 Å². The van der Waals surface area contributed by atoms with E-state index in [1.54, 1.807) is 18.0 Å². The molecule has 0 bridgehead atoms. The summed E-state index contributed by atoms with van der Waals surface area (Å²) in [6, 6.07) is 0. The Labute approximate surface area is 128 Å². The van der Waals surface area contributed by atoms with Gasteiger partial charge < -0.3 is 14.7 Å². The molecule has 1 aromatic rings. The van der Waals surface area contributed by atoms with Crippen LogP contribution in [0, 0.1) is 18.3 Å². The molecule has 22 heavy (non-hydrogen) atoms. The van der Waals surface area contributed by atoms with Crippen molar-refractivity contribution in [3.8, 4) is 0 Å². The van der Waals surface area contributed by atoms with E-state index in [0.29, 0.717) is 36.7 Å². The second kappa shape index (κ2) is 5.31. The van der Waals surface area contributed by atoms with Gasteiger partial charge in [-0.2, -0.15) is 0 Å². The van der Waals surface area contributed by atoms with Gasteiger partial charge in [0.05, 0.1) is 24.5 Å². The van der Waals surface area contributed by atoms with Crippen molar-refractivity contribution < 1.29 is 19.4 Å². The molecule has 2 aliphatic heterocycles. The second-order valence-corrected chi connectivity index (χ2v) is 5.99. The molecular weight excluding hydrogens is 286 g/mol. The summed E-state index contributed by atoms with van der Waals surface area (Å²) in [5.41, 5.74) is 0.206. The number of carbonyl (C=O) groups is 2. The smallest absolute Gasteiger partial charge is 0.314 e. The molecule has 0 aliphatic carbocycles. The highest BCUT2D eigenvalue weighted by atomic mass is 16.5. The lowest BCUT2D eigenvalue weighted by Crippen LogP contribution is -2.40. The fourth-order valence-electron chi connectivity index (χ4n) is 3.33. The highest BCUT2D eigenvalue weighted by Gasteiger charge is 2.57. The minimum absolute atomic E-state index is 0.148. The van der Waals surface area contributed by atoms with Gasteiger partial charge in [0.1, 0.15) is 11.2 Å². The highest BCUT2D eigenvalue weighted by Crippen LogP contribution is 2.42. The fourth-order valence-corrected chi connectivity index (χ4v) is 3.33. The van der Waals surface area contributed by atoms with Crippen LogP contribution in [0.25, 0.3) is 0 Å². The molecule has 0 unspecified atom stereocenters. The zero-order valence-electron chi connectivity index (χ0n) is 12.7. The van der Waals surface area contributed by atoms with Crippen molar-refractivity contribution in [3.63, 3.8) is 0 Å². The van der Waals surface area contributed by atoms with E-state index in [-0.39, 0.29) is 25.0 Å². The van der Waals surface area contributed by atoms with Gasteiger partial charge >= 0.3 is 5.97 Å². The lowest BCUT2D eigenvalue weighted by Gasteiger charge is -2.22. The fraction of sp³-hybridized carbons (Fsp3) is 0.600. The molecule has 2 fully saturated rings. The Hall–Kier alpha value is -2.02. The van der Waals surface area contributed by atoms with Crippen LogP contribution in [0.5, 0.6) is 0 Å². The van der Waals surface area contributed by atoms with Gasteiger partial charge in [-0.05, 0) is 13.3 Å². The largest absolute Gasteiger partial charge is 0.481 e. The lowest BCUT2D eigenvalue weighted by molar-refractivity contribution is -0.149. The van der Waals surface area contributed by atoms with Crippen LogP contribution in [0.2, 0.25) is 0 Å². The van der Waals surface area contributed by atoms with Crippen molar-refractivity contribution in [2.24, 2.45) is 11.3 Å². The van der Waals surface area contributed by atoms with E-state index in [2.05, 4.69) is 9.97 Å². The molecule has 118 valence electrons. The van der Waals surface area contributed by atoms with Gasteiger partial charge in [0.15, 0.2) is 0 Å². The third-order valence-corrected chi connectivity index (χ3v) is 4.64. The van der Waals surface area contributed by atoms with Gasteiger partial charge in [-0.25, -0.2) is 9.97 Å². The molecule has 3 heterocycles. The third-order valence-electron chi connectivity index (χ3n) is 4.64. The normalized spacial score (nSPS) is 27.0. The topological polar surface area (TPSA) is 92.6 Å². The van der Waals surface area contributed by atoms with Crippen LogP contribution in [-0.2, 0) is 16.0 Å². The standard InChI is InChI=1S/C15H19N3O4/c1-3-12-11(4-16-9(2)17-12)13(19)18-5-10-6-22-8-15(10,7-18)14(20)21/h4,10H,3,5-8H2,1-2H3,(H,20,21)/t10-,15-/m1/s1. The minimum atomic E-state index is -0.965. The maximum atomic E-state index is 12.7. The Morgan fingerprint density at radius 1 is 1.55 bits per heavy atom. The third kappa shape index (κ3) is 2.16. The zero-order valence-corrected chi connectivity index (χ0v) is 12.7. The number of carboxylic acid groups (broad SMARTS) is 1. The first-order valence-electron chi connectivity index (χ1n) is 7.41. The van der Waals surface area contributed by atoms with Gasteiger partial charge in [0, 0.05) is 25.2 Å². The van der Waals surface area contributed by atoms with Gasteiger partial charge in [-0.15, -0.1) is 0 Å². The number of aliphatic carboxylic acids is 1. The van der Waals surface area contributed by atoms with E-state index in [1.807, 2.05) is 6.92 Å². The number of amides is 1. The number of carboxylic acids is 1. The molecule has 2 saturated heterocycles. The van der Waals surface area contributed by atoms with E-state index in [9.17, 15) is 14.7 Å². The number of nitrogens with zero attached hydrogens (tertiary/aromatic N) is 3. The van der Waals surface area contributed by atoms with Crippen LogP contribution < -0.4 is 0 Å². The molecule has 0 spiro atoms. The summed E-state index contributed by atoms with van der Waals surface area (Å²) in [7, 11) is 0. The minimum Gasteiger partial charge on any atom is -0.481 e. The number of aryl methyl sites for hydroxylation is 2. The molecular formula is C15H19N3O4. The number of rotatable bonds is 3. The van der Waals surface area contributed by atoms with Gasteiger partial charge in [0.2, 0.25) is 0 Å². The Balaban J connectivity index is 1.87. The van der Waals surface area contributed by atoms with Crippen molar-refractivity contribution >= 4 is 11.9 Å². The quantitative estimate of drug-likeness (QED) is 0.875. The monoisotopic (exact) mass is 305 g/mol. The molecule has 0 aromatic carbocycles. The molecule has 3 rings (SSSR count). The molecule has 2 atom stereocenters. The predicted octanol–water partition coefficient (Wildman–Crippen LogP) is 0.521. The zero-order chi connectivity index (χ0) is 15.9. The first-order chi connectivity index (χ1) is 10.5. The Kier molecular flexibility index (Phi) is 3.60. The first kappa shape index (κ1) is 14.9. The van der Waals surface area contributed by atoms with E-state index in [4.69, 9.17) is 4.74 Å². The van der Waals surface area contributed by atoms with E-state index >= 15 is 0 Å². The second-order valence-electron chi connectivity index (χ2n) is 5.99. The van der Waals surface area contributed by atoms with E-state index < -0.39 is 11.4 Å². The van der Waals surface area contributed by atoms with Crippen LogP contribution in [0.3, 0.4) is 0 Å². The van der Waals surface area contributed by atoms with Crippen molar-refractivity contribution in [2.75, 3.05) is 26.3 Å². The van der Waals surface area contributed by atoms with Crippen LogP contribution in [0.4, 0.5) is 0 Å². The van der Waals surface area contributed by atoms with E-state index in [0.717, 1.165) is 0 Å². The van der Waals surface area contributed by atoms with E-state index in [1.165, 1.54) is 0 Å². The number of hydrogen-bond donors (Lipinski definition) is 1. The Bertz CT molecular complexity index is 633. The number of hydrogen-bond acceptors (Lipinski definition) is 5. The van der Waals surface area contributed by atoms with Crippen LogP contribution in [0.15, 0.2) is 6.20 Å². The summed E-state index contributed by atoms with van der Waals surface area (Å²) in [6.45, 7) is 4.86. The summed E-state index contributed by atoms with van der Waals surface area (Å²) >= 11 is 0. The number of carbonyl (C=O) groups excluding carboxylic acids is 1. The molecule has 1 aromatic heterocycles. The van der Waals surface area contributed by atoms with Gasteiger partial charge in [-0.1, -0.05) is 6.92 Å². The molecule has 0 radical (unpaired) electrons. The summed E-state index contributed by atoms with van der Waals surface area (Å²) in [5.74, 6) is -0.597. The molecule has 2 aliphatic rings. The summed E-state index contributed by atoms with van der Waals surface area (Å²) < 4.78 is 5.33. The first-order valence-corrected chi connectivity index (χ1v) is 7.41. The number of likely N-dealkylation sites (tertiary alicyclic amines) is 1. The molecule has 1 N–H and O–H groups in total. The Morgan fingerprint density at radius 2 is 2.32 bits per heavy atom. The van der Waals surface area contributed by atoms with Crippen LogP contribution in [0.1, 0.15) is 28.8 Å². The lowest BCUT2D eigenvalue weighted by atomic mass is 9.81. The van der Waals surface area contributed by atoms with Crippen LogP contribution >= 0.6 is 0 Å². The highest BCUT2D eigenvalue weighted by molar-refractivity contribution is 5.96. The predicted molar refractivity (Wildman–Crippen MR) is 76.4 cm³/mol. The number of fused-ring (bicyclic) bond motifs is 1. The van der Waals surface area contributed by atoms with Crippen molar-refractivity contribution in [1.29, 1.82) is 0 Å². The SMILES string of the molecule is CCc1nc(C)ncc1C(=O)N1C[C@@H]2COC[C@]2(C(=O)O)C1. The Morgan fingerprint density at radius 3 is 2.95 bits per heavy atom. The molecule has 0 saturated carbocycles. The average Bonchev–Trinajstić information content (AvgIpc) is 3.04. The van der Waals surface area contributed by atoms with Gasteiger partial charge in [0.25, 0.3) is 5.91 Å². The summed E-state index contributed by atoms with van der Waals surface area (Å²) in [6.07, 6.45) is 2.18. The molecule has 7 nitrogen and oxygen atoms in total. The number of ether oxygens (including phenoxy) is 1. The summed E-state index contributed by atoms with van der Waals surface area (Å²) in [5, 5.41) is 9.54. The molecule has 7 heteroatoms. The number of aromatic nitrogens is 2. The molecule has 1 amide bonds. The van der Waals surface area contributed by atoms with Crippen molar-refractivity contribution in [2.45, 2.75) is 20.3 Å².